The van der Waals surface area contributed by atoms with Crippen molar-refractivity contribution in [2.75, 3.05) is 20.2 Å². The molecule has 6 nitrogen and oxygen atoms in total. The van der Waals surface area contributed by atoms with E-state index < -0.39 is 11.9 Å². The number of aryl methyl sites for hydroxylation is 2. The highest BCUT2D eigenvalue weighted by Gasteiger charge is 2.28. The molecule has 6 heteroatoms. The van der Waals surface area contributed by atoms with Gasteiger partial charge in [-0.3, -0.25) is 9.48 Å². The van der Waals surface area contributed by atoms with Crippen LogP contribution in [0.15, 0.2) is 6.07 Å². The summed E-state index contributed by atoms with van der Waals surface area (Å²) in [7, 11) is 1.23. The summed E-state index contributed by atoms with van der Waals surface area (Å²) >= 11 is 0. The highest BCUT2D eigenvalue weighted by molar-refractivity contribution is 6.32. The maximum absolute atomic E-state index is 11.7. The first-order valence-electron chi connectivity index (χ1n) is 6.43. The molecule has 0 aliphatic carbocycles. The second-order valence-corrected chi connectivity index (χ2v) is 4.89. The minimum absolute atomic E-state index is 0.301. The summed E-state index contributed by atoms with van der Waals surface area (Å²) in [6.07, 6.45) is 1.62. The predicted molar refractivity (Wildman–Crippen MR) is 68.6 cm³/mol. The zero-order valence-electron chi connectivity index (χ0n) is 11.5. The van der Waals surface area contributed by atoms with E-state index in [0.29, 0.717) is 19.1 Å². The average molecular weight is 265 g/mol. The van der Waals surface area contributed by atoms with E-state index >= 15 is 0 Å². The maximum Gasteiger partial charge on any atom is 0.396 e. The molecule has 104 valence electrons. The van der Waals surface area contributed by atoms with Crippen molar-refractivity contribution in [3.63, 3.8) is 0 Å². The van der Waals surface area contributed by atoms with E-state index in [-0.39, 0.29) is 0 Å². The number of amides is 1. The molecule has 0 radical (unpaired) electrons. The predicted octanol–water partition coefficient (Wildman–Crippen LogP) is 0.836. The molecule has 1 aromatic heterocycles. The van der Waals surface area contributed by atoms with Crippen LogP contribution in [0.1, 0.15) is 30.3 Å². The zero-order chi connectivity index (χ0) is 14.0. The van der Waals surface area contributed by atoms with E-state index in [1.807, 2.05) is 24.6 Å². The van der Waals surface area contributed by atoms with Gasteiger partial charge in [-0.25, -0.2) is 4.79 Å². The number of aromatic nitrogens is 2. The van der Waals surface area contributed by atoms with Gasteiger partial charge in [0, 0.05) is 18.8 Å². The summed E-state index contributed by atoms with van der Waals surface area (Å²) in [6.45, 7) is 5.14. The van der Waals surface area contributed by atoms with E-state index in [4.69, 9.17) is 0 Å². The van der Waals surface area contributed by atoms with E-state index in [1.165, 1.54) is 7.11 Å². The summed E-state index contributed by atoms with van der Waals surface area (Å²) in [6, 6.07) is 2.35. The molecule has 0 bridgehead atoms. The molecule has 2 heterocycles. The van der Waals surface area contributed by atoms with Crippen LogP contribution in [0.4, 0.5) is 0 Å². The number of carbonyl (C=O) groups excluding carboxylic acids is 2. The van der Waals surface area contributed by atoms with Gasteiger partial charge in [-0.2, -0.15) is 5.10 Å². The van der Waals surface area contributed by atoms with E-state index in [2.05, 4.69) is 9.84 Å². The van der Waals surface area contributed by atoms with Gasteiger partial charge in [0.15, 0.2) is 0 Å². The van der Waals surface area contributed by atoms with Crippen molar-refractivity contribution in [2.45, 2.75) is 32.7 Å². The lowest BCUT2D eigenvalue weighted by Gasteiger charge is -2.31. The molecule has 0 aromatic carbocycles. The molecule has 2 rings (SSSR count). The number of likely N-dealkylation sites (tertiary alicyclic amines) is 1. The molecule has 1 aliphatic heterocycles. The topological polar surface area (TPSA) is 64.4 Å². The van der Waals surface area contributed by atoms with Crippen molar-refractivity contribution in [2.24, 2.45) is 0 Å². The van der Waals surface area contributed by atoms with Gasteiger partial charge in [0.05, 0.1) is 18.8 Å². The monoisotopic (exact) mass is 265 g/mol. The highest BCUT2D eigenvalue weighted by Crippen LogP contribution is 2.23. The van der Waals surface area contributed by atoms with Gasteiger partial charge in [0.25, 0.3) is 0 Å². The molecule has 1 fully saturated rings. The van der Waals surface area contributed by atoms with Crippen molar-refractivity contribution in [3.8, 4) is 0 Å². The number of nitrogens with zero attached hydrogens (tertiary/aromatic N) is 3. The molecule has 0 unspecified atom stereocenters. The van der Waals surface area contributed by atoms with E-state index in [0.717, 1.165) is 24.2 Å². The normalized spacial score (nSPS) is 16.5. The number of piperidine rings is 1. The first kappa shape index (κ1) is 13.6. The van der Waals surface area contributed by atoms with Crippen LogP contribution in [0.2, 0.25) is 0 Å². The maximum atomic E-state index is 11.7. The summed E-state index contributed by atoms with van der Waals surface area (Å²) in [5, 5.41) is 4.48. The average Bonchev–Trinajstić information content (AvgIpc) is 2.76. The van der Waals surface area contributed by atoms with Crippen LogP contribution in [-0.4, -0.2) is 46.8 Å². The van der Waals surface area contributed by atoms with Gasteiger partial charge in [0.1, 0.15) is 0 Å². The van der Waals surface area contributed by atoms with Crippen LogP contribution >= 0.6 is 0 Å². The first-order valence-corrected chi connectivity index (χ1v) is 6.43. The molecule has 0 N–H and O–H groups in total. The van der Waals surface area contributed by atoms with E-state index in [9.17, 15) is 9.59 Å². The molecule has 1 amide bonds. The van der Waals surface area contributed by atoms with Crippen molar-refractivity contribution >= 4 is 11.9 Å². The Morgan fingerprint density at radius 3 is 2.42 bits per heavy atom. The third-order valence-corrected chi connectivity index (χ3v) is 3.50. The van der Waals surface area contributed by atoms with Crippen LogP contribution in [0.25, 0.3) is 0 Å². The Kier molecular flexibility index (Phi) is 3.87. The lowest BCUT2D eigenvalue weighted by atomic mass is 10.0. The third-order valence-electron chi connectivity index (χ3n) is 3.50. The lowest BCUT2D eigenvalue weighted by molar-refractivity contribution is -0.158. The van der Waals surface area contributed by atoms with Crippen LogP contribution in [0.3, 0.4) is 0 Å². The molecular weight excluding hydrogens is 246 g/mol. The highest BCUT2D eigenvalue weighted by atomic mass is 16.5. The Hall–Kier alpha value is -1.85. The first-order chi connectivity index (χ1) is 9.02. The Morgan fingerprint density at radius 2 is 1.95 bits per heavy atom. The van der Waals surface area contributed by atoms with Crippen LogP contribution in [0.5, 0.6) is 0 Å². The van der Waals surface area contributed by atoms with Crippen LogP contribution in [-0.2, 0) is 14.3 Å². The minimum atomic E-state index is -0.787. The summed E-state index contributed by atoms with van der Waals surface area (Å²) in [5.41, 5.74) is 2.14. The SMILES string of the molecule is COC(=O)C(=O)N1CCC(n2nc(C)cc2C)CC1. The van der Waals surface area contributed by atoms with Crippen LogP contribution < -0.4 is 0 Å². The quantitative estimate of drug-likeness (QED) is 0.557. The molecular formula is C13H19N3O3. The number of hydrogen-bond donors (Lipinski definition) is 0. The third kappa shape index (κ3) is 2.77. The number of esters is 1. The van der Waals surface area contributed by atoms with Gasteiger partial charge >= 0.3 is 11.9 Å². The molecule has 1 aromatic rings. The summed E-state index contributed by atoms with van der Waals surface area (Å²) < 4.78 is 6.47. The Morgan fingerprint density at radius 1 is 1.32 bits per heavy atom. The van der Waals surface area contributed by atoms with Gasteiger partial charge < -0.3 is 9.64 Å². The number of methoxy groups -OCH3 is 1. The molecule has 0 spiro atoms. The number of ether oxygens (including phenoxy) is 1. The van der Waals surface area contributed by atoms with E-state index in [1.54, 1.807) is 4.90 Å². The van der Waals surface area contributed by atoms with Gasteiger partial charge in [-0.15, -0.1) is 0 Å². The van der Waals surface area contributed by atoms with Gasteiger partial charge in [-0.1, -0.05) is 0 Å². The second kappa shape index (κ2) is 5.42. The smallest absolute Gasteiger partial charge is 0.396 e. The van der Waals surface area contributed by atoms with Gasteiger partial charge in [-0.05, 0) is 32.8 Å². The zero-order valence-corrected chi connectivity index (χ0v) is 11.5. The van der Waals surface area contributed by atoms with Crippen LogP contribution in [0, 0.1) is 13.8 Å². The fourth-order valence-corrected chi connectivity index (χ4v) is 2.55. The number of rotatable bonds is 1. The second-order valence-electron chi connectivity index (χ2n) is 4.89. The van der Waals surface area contributed by atoms with Crippen molar-refractivity contribution < 1.29 is 14.3 Å². The Bertz CT molecular complexity index is 487. The van der Waals surface area contributed by atoms with Crippen molar-refractivity contribution in [3.05, 3.63) is 17.5 Å². The molecule has 0 atom stereocenters. The molecule has 0 saturated carbocycles. The minimum Gasteiger partial charge on any atom is -0.462 e. The summed E-state index contributed by atoms with van der Waals surface area (Å²) in [4.78, 5) is 24.4. The summed E-state index contributed by atoms with van der Waals surface area (Å²) in [5.74, 6) is -1.33. The Labute approximate surface area is 112 Å². The lowest BCUT2D eigenvalue weighted by Crippen LogP contribution is -2.43. The fourth-order valence-electron chi connectivity index (χ4n) is 2.55. The Balaban J connectivity index is 1.98. The standard InChI is InChI=1S/C13H19N3O3/c1-9-8-10(2)16(14-9)11-4-6-15(7-5-11)12(17)13(18)19-3/h8,11H,4-7H2,1-3H3. The molecule has 1 aliphatic rings. The fraction of sp³-hybridized carbons (Fsp3) is 0.615. The molecule has 19 heavy (non-hydrogen) atoms. The van der Waals surface area contributed by atoms with Crippen molar-refractivity contribution in [1.29, 1.82) is 0 Å². The largest absolute Gasteiger partial charge is 0.462 e. The molecule has 1 saturated heterocycles. The number of carbonyl (C=O) groups is 2. The van der Waals surface area contributed by atoms with Gasteiger partial charge in [0.2, 0.25) is 0 Å². The van der Waals surface area contributed by atoms with Crippen molar-refractivity contribution in [1.82, 2.24) is 14.7 Å². The number of hydrogen-bond acceptors (Lipinski definition) is 4.